The minimum absolute atomic E-state index is 0.0613. The van der Waals surface area contributed by atoms with Crippen LogP contribution in [0.1, 0.15) is 0 Å². The van der Waals surface area contributed by atoms with E-state index in [0.717, 1.165) is 3.57 Å². The van der Waals surface area contributed by atoms with Crippen LogP contribution in [0, 0.1) is 13.7 Å². The topological polar surface area (TPSA) is 69.2 Å². The molecular weight excluding hydrogens is 339 g/mol. The number of nitrogen functional groups attached to an aromatic ring is 1. The van der Waals surface area contributed by atoms with E-state index >= 15 is 0 Å². The maximum atomic E-state index is 10.4. The van der Waals surface area contributed by atoms with Gasteiger partial charge in [-0.15, -0.1) is 0 Å². The van der Waals surface area contributed by atoms with E-state index in [1.54, 1.807) is 6.07 Å². The van der Waals surface area contributed by atoms with E-state index in [0.29, 0.717) is 4.47 Å². The maximum Gasteiger partial charge on any atom is 0.294 e. The van der Waals surface area contributed by atoms with Gasteiger partial charge in [-0.3, -0.25) is 10.1 Å². The van der Waals surface area contributed by atoms with Crippen molar-refractivity contribution in [3.8, 4) is 0 Å². The van der Waals surface area contributed by atoms with E-state index in [-0.39, 0.29) is 11.4 Å². The first-order chi connectivity index (χ1) is 5.52. The molecule has 1 aromatic rings. The van der Waals surface area contributed by atoms with Crippen LogP contribution in [0.3, 0.4) is 0 Å². The summed E-state index contributed by atoms with van der Waals surface area (Å²) in [6, 6.07) is 3.16. The Balaban J connectivity index is 3.37. The molecule has 0 spiro atoms. The molecule has 0 heterocycles. The van der Waals surface area contributed by atoms with E-state index in [9.17, 15) is 10.1 Å². The SMILES string of the molecule is Nc1c(Br)cc(I)cc1[N+](=O)[O-]. The molecule has 0 aromatic heterocycles. The predicted molar refractivity (Wildman–Crippen MR) is 57.9 cm³/mol. The van der Waals surface area contributed by atoms with Gasteiger partial charge in [0, 0.05) is 14.1 Å². The van der Waals surface area contributed by atoms with Gasteiger partial charge >= 0.3 is 0 Å². The molecule has 64 valence electrons. The third kappa shape index (κ3) is 1.86. The summed E-state index contributed by atoms with van der Waals surface area (Å²) in [5.74, 6) is 0. The third-order valence-electron chi connectivity index (χ3n) is 1.27. The molecule has 4 nitrogen and oxygen atoms in total. The van der Waals surface area contributed by atoms with Gasteiger partial charge in [-0.2, -0.15) is 0 Å². The molecule has 6 heteroatoms. The van der Waals surface area contributed by atoms with Crippen molar-refractivity contribution in [3.63, 3.8) is 0 Å². The van der Waals surface area contributed by atoms with Crippen LogP contribution in [0.5, 0.6) is 0 Å². The molecule has 0 amide bonds. The number of nitrogens with zero attached hydrogens (tertiary/aromatic N) is 1. The fourth-order valence-corrected chi connectivity index (χ4v) is 2.21. The van der Waals surface area contributed by atoms with Crippen LogP contribution in [0.2, 0.25) is 0 Å². The van der Waals surface area contributed by atoms with Gasteiger partial charge in [0.05, 0.1) is 4.92 Å². The molecular formula is C6H4BrIN2O2. The average molecular weight is 343 g/mol. The maximum absolute atomic E-state index is 10.4. The van der Waals surface area contributed by atoms with Crippen molar-refractivity contribution in [2.75, 3.05) is 5.73 Å². The van der Waals surface area contributed by atoms with Gasteiger partial charge in [0.2, 0.25) is 0 Å². The molecule has 0 aliphatic rings. The molecule has 0 unspecified atom stereocenters. The summed E-state index contributed by atoms with van der Waals surface area (Å²) in [6.45, 7) is 0. The molecule has 12 heavy (non-hydrogen) atoms. The molecule has 0 saturated carbocycles. The highest BCUT2D eigenvalue weighted by Crippen LogP contribution is 2.31. The van der Waals surface area contributed by atoms with Crippen molar-refractivity contribution >= 4 is 49.9 Å². The normalized spacial score (nSPS) is 9.83. The number of benzene rings is 1. The largest absolute Gasteiger partial charge is 0.392 e. The molecule has 0 radical (unpaired) electrons. The first-order valence-electron chi connectivity index (χ1n) is 2.91. The first kappa shape index (κ1) is 9.72. The van der Waals surface area contributed by atoms with Crippen molar-refractivity contribution in [2.24, 2.45) is 0 Å². The van der Waals surface area contributed by atoms with E-state index in [1.807, 2.05) is 22.6 Å². The van der Waals surface area contributed by atoms with Crippen LogP contribution in [0.25, 0.3) is 0 Å². The number of halogens is 2. The lowest BCUT2D eigenvalue weighted by atomic mass is 10.3. The van der Waals surface area contributed by atoms with E-state index in [4.69, 9.17) is 5.73 Å². The Bertz CT molecular complexity index is 343. The van der Waals surface area contributed by atoms with Crippen molar-refractivity contribution in [1.82, 2.24) is 0 Å². The average Bonchev–Trinajstić information content (AvgIpc) is 1.96. The lowest BCUT2D eigenvalue weighted by Crippen LogP contribution is -1.96. The zero-order valence-electron chi connectivity index (χ0n) is 5.75. The number of anilines is 1. The molecule has 0 bridgehead atoms. The minimum Gasteiger partial charge on any atom is -0.392 e. The molecule has 1 rings (SSSR count). The van der Waals surface area contributed by atoms with E-state index in [1.165, 1.54) is 6.07 Å². The Labute approximate surface area is 90.6 Å². The monoisotopic (exact) mass is 342 g/mol. The summed E-state index contributed by atoms with van der Waals surface area (Å²) in [4.78, 5) is 9.93. The van der Waals surface area contributed by atoms with Gasteiger partial charge in [0.1, 0.15) is 5.69 Å². The van der Waals surface area contributed by atoms with Crippen LogP contribution < -0.4 is 5.73 Å². The zero-order chi connectivity index (χ0) is 9.30. The van der Waals surface area contributed by atoms with Crippen molar-refractivity contribution in [3.05, 3.63) is 30.3 Å². The Morgan fingerprint density at radius 1 is 1.58 bits per heavy atom. The molecule has 0 aliphatic heterocycles. The van der Waals surface area contributed by atoms with Crippen LogP contribution >= 0.6 is 38.5 Å². The second-order valence-corrected chi connectivity index (χ2v) is 4.18. The highest BCUT2D eigenvalue weighted by atomic mass is 127. The van der Waals surface area contributed by atoms with E-state index in [2.05, 4.69) is 15.9 Å². The quantitative estimate of drug-likeness (QED) is 0.369. The van der Waals surface area contributed by atoms with Crippen LogP contribution in [0.15, 0.2) is 16.6 Å². The Hall–Kier alpha value is -0.370. The first-order valence-corrected chi connectivity index (χ1v) is 4.78. The number of nitro benzene ring substituents is 1. The molecule has 0 atom stereocenters. The van der Waals surface area contributed by atoms with Crippen molar-refractivity contribution < 1.29 is 4.92 Å². The summed E-state index contributed by atoms with van der Waals surface area (Å²) in [5, 5.41) is 10.4. The molecule has 1 aromatic carbocycles. The number of hydrogen-bond acceptors (Lipinski definition) is 3. The molecule has 2 N–H and O–H groups in total. The van der Waals surface area contributed by atoms with Gasteiger partial charge in [0.15, 0.2) is 0 Å². The smallest absolute Gasteiger partial charge is 0.294 e. The number of rotatable bonds is 1. The summed E-state index contributed by atoms with van der Waals surface area (Å²) in [5.41, 5.74) is 5.57. The number of nitrogens with two attached hydrogens (primary N) is 1. The second-order valence-electron chi connectivity index (χ2n) is 2.08. The lowest BCUT2D eigenvalue weighted by molar-refractivity contribution is -0.384. The van der Waals surface area contributed by atoms with Crippen molar-refractivity contribution in [1.29, 1.82) is 0 Å². The van der Waals surface area contributed by atoms with Gasteiger partial charge in [-0.1, -0.05) is 0 Å². The summed E-state index contributed by atoms with van der Waals surface area (Å²) in [6.07, 6.45) is 0. The van der Waals surface area contributed by atoms with Gasteiger partial charge < -0.3 is 5.73 Å². The predicted octanol–water partition coefficient (Wildman–Crippen LogP) is 2.54. The van der Waals surface area contributed by atoms with Crippen LogP contribution in [-0.4, -0.2) is 4.92 Å². The number of nitro groups is 1. The van der Waals surface area contributed by atoms with Gasteiger partial charge in [-0.05, 0) is 44.6 Å². The summed E-state index contributed by atoms with van der Waals surface area (Å²) in [7, 11) is 0. The fourth-order valence-electron chi connectivity index (χ4n) is 0.722. The Morgan fingerprint density at radius 3 is 2.67 bits per heavy atom. The molecule has 0 fully saturated rings. The van der Waals surface area contributed by atoms with Crippen LogP contribution in [-0.2, 0) is 0 Å². The van der Waals surface area contributed by atoms with Crippen molar-refractivity contribution in [2.45, 2.75) is 0 Å². The fraction of sp³-hybridized carbons (Fsp3) is 0. The van der Waals surface area contributed by atoms with Gasteiger partial charge in [0.25, 0.3) is 5.69 Å². The summed E-state index contributed by atoms with van der Waals surface area (Å²) < 4.78 is 1.33. The van der Waals surface area contributed by atoms with E-state index < -0.39 is 4.92 Å². The van der Waals surface area contributed by atoms with Gasteiger partial charge in [-0.25, -0.2) is 0 Å². The second kappa shape index (κ2) is 3.56. The third-order valence-corrected chi connectivity index (χ3v) is 2.55. The molecule has 0 aliphatic carbocycles. The lowest BCUT2D eigenvalue weighted by Gasteiger charge is -1.99. The minimum atomic E-state index is -0.498. The highest BCUT2D eigenvalue weighted by Gasteiger charge is 2.14. The Morgan fingerprint density at radius 2 is 2.17 bits per heavy atom. The zero-order valence-corrected chi connectivity index (χ0v) is 9.50. The standard InChI is InChI=1S/C6H4BrIN2O2/c7-4-1-3(8)2-5(6(4)9)10(11)12/h1-2H,9H2. The summed E-state index contributed by atoms with van der Waals surface area (Å²) >= 11 is 5.12. The highest BCUT2D eigenvalue weighted by molar-refractivity contribution is 14.1. The Kier molecular flexibility index (Phi) is 2.89. The molecule has 0 saturated heterocycles. The number of hydrogen-bond donors (Lipinski definition) is 1. The van der Waals surface area contributed by atoms with Crippen LogP contribution in [0.4, 0.5) is 11.4 Å².